The molecular formula is C26H25N3O7. The molecule has 0 aliphatic carbocycles. The van der Waals surface area contributed by atoms with Gasteiger partial charge in [-0.1, -0.05) is 25.1 Å². The number of hydrogen-bond donors (Lipinski definition) is 3. The lowest BCUT2D eigenvalue weighted by atomic mass is 9.76. The number of carboxylic acids is 1. The van der Waals surface area contributed by atoms with Crippen molar-refractivity contribution in [1.29, 1.82) is 0 Å². The lowest BCUT2D eigenvalue weighted by Gasteiger charge is -2.29. The first-order chi connectivity index (χ1) is 17.3. The van der Waals surface area contributed by atoms with Gasteiger partial charge in [-0.05, 0) is 42.2 Å². The van der Waals surface area contributed by atoms with Crippen molar-refractivity contribution in [2.75, 3.05) is 12.1 Å². The van der Waals surface area contributed by atoms with E-state index in [4.69, 9.17) is 9.47 Å². The maximum Gasteiger partial charge on any atom is 0.303 e. The molecule has 36 heavy (non-hydrogen) atoms. The zero-order valence-electron chi connectivity index (χ0n) is 19.6. The Kier molecular flexibility index (Phi) is 5.04. The van der Waals surface area contributed by atoms with E-state index in [9.17, 15) is 24.3 Å². The van der Waals surface area contributed by atoms with Crippen LogP contribution in [0.4, 0.5) is 5.69 Å². The number of aliphatic carboxylic acids is 1. The monoisotopic (exact) mass is 491 g/mol. The average molecular weight is 492 g/mol. The molecule has 4 heterocycles. The van der Waals surface area contributed by atoms with Gasteiger partial charge in [0.05, 0.1) is 18.4 Å². The van der Waals surface area contributed by atoms with Crippen molar-refractivity contribution in [2.45, 2.75) is 44.3 Å². The number of imide groups is 1. The Labute approximate surface area is 206 Å². The quantitative estimate of drug-likeness (QED) is 0.521. The van der Waals surface area contributed by atoms with Gasteiger partial charge >= 0.3 is 5.97 Å². The van der Waals surface area contributed by atoms with Crippen molar-refractivity contribution < 1.29 is 33.8 Å². The van der Waals surface area contributed by atoms with Crippen LogP contribution in [-0.4, -0.2) is 46.5 Å². The fourth-order valence-corrected chi connectivity index (χ4v) is 6.03. The highest BCUT2D eigenvalue weighted by molar-refractivity contribution is 6.15. The zero-order chi connectivity index (χ0) is 25.2. The molecule has 0 bridgehead atoms. The molecule has 0 unspecified atom stereocenters. The fraction of sp³-hybridized carbons (Fsp3) is 0.385. The van der Waals surface area contributed by atoms with Crippen LogP contribution in [0.2, 0.25) is 0 Å². The number of carboxylic acid groups (broad SMARTS) is 1. The molecule has 6 rings (SSSR count). The van der Waals surface area contributed by atoms with E-state index in [1.165, 1.54) is 4.90 Å². The van der Waals surface area contributed by atoms with Crippen LogP contribution >= 0.6 is 0 Å². The van der Waals surface area contributed by atoms with Gasteiger partial charge in [0.2, 0.25) is 24.5 Å². The zero-order valence-corrected chi connectivity index (χ0v) is 19.6. The molecule has 0 radical (unpaired) electrons. The van der Waals surface area contributed by atoms with Crippen LogP contribution in [0.3, 0.4) is 0 Å². The van der Waals surface area contributed by atoms with Crippen LogP contribution in [0.1, 0.15) is 36.5 Å². The first-order valence-corrected chi connectivity index (χ1v) is 12.0. The number of aryl methyl sites for hydroxylation is 1. The molecule has 10 nitrogen and oxygen atoms in total. The first-order valence-electron chi connectivity index (χ1n) is 12.0. The van der Waals surface area contributed by atoms with Gasteiger partial charge in [0.1, 0.15) is 5.54 Å². The Morgan fingerprint density at radius 3 is 2.64 bits per heavy atom. The third-order valence-electron chi connectivity index (χ3n) is 7.73. The van der Waals surface area contributed by atoms with Gasteiger partial charge in [0.15, 0.2) is 11.5 Å². The van der Waals surface area contributed by atoms with Crippen LogP contribution in [0, 0.1) is 11.8 Å². The summed E-state index contributed by atoms with van der Waals surface area (Å²) in [5, 5.41) is 15.5. The molecule has 4 aliphatic rings. The first kappa shape index (κ1) is 22.5. The Hall–Kier alpha value is -3.92. The third kappa shape index (κ3) is 3.13. The highest BCUT2D eigenvalue weighted by atomic mass is 16.7. The smallest absolute Gasteiger partial charge is 0.303 e. The molecule has 0 aromatic heterocycles. The van der Waals surface area contributed by atoms with Gasteiger partial charge in [-0.25, -0.2) is 0 Å². The Morgan fingerprint density at radius 1 is 1.08 bits per heavy atom. The van der Waals surface area contributed by atoms with Crippen LogP contribution in [0.25, 0.3) is 0 Å². The summed E-state index contributed by atoms with van der Waals surface area (Å²) in [6, 6.07) is 10.2. The van der Waals surface area contributed by atoms with E-state index in [1.54, 1.807) is 18.2 Å². The van der Waals surface area contributed by atoms with E-state index in [2.05, 4.69) is 10.6 Å². The van der Waals surface area contributed by atoms with Crippen molar-refractivity contribution in [1.82, 2.24) is 10.2 Å². The lowest BCUT2D eigenvalue weighted by Crippen LogP contribution is -2.53. The Balaban J connectivity index is 1.41. The maximum atomic E-state index is 13.9. The predicted octanol–water partition coefficient (Wildman–Crippen LogP) is 1.76. The molecule has 2 saturated heterocycles. The van der Waals surface area contributed by atoms with E-state index in [0.717, 1.165) is 12.0 Å². The minimum Gasteiger partial charge on any atom is -0.481 e. The number of ether oxygens (including phenoxy) is 2. The van der Waals surface area contributed by atoms with E-state index in [1.807, 2.05) is 25.1 Å². The third-order valence-corrected chi connectivity index (χ3v) is 7.73. The predicted molar refractivity (Wildman–Crippen MR) is 125 cm³/mol. The summed E-state index contributed by atoms with van der Waals surface area (Å²) in [5.74, 6) is -2.96. The van der Waals surface area contributed by atoms with Gasteiger partial charge in [0, 0.05) is 23.7 Å². The Bertz CT molecular complexity index is 1320. The molecule has 2 aromatic carbocycles. The number of nitrogens with zero attached hydrogens (tertiary/aromatic N) is 1. The van der Waals surface area contributed by atoms with Crippen molar-refractivity contribution in [3.8, 4) is 11.5 Å². The number of rotatable bonds is 6. The Morgan fingerprint density at radius 2 is 1.86 bits per heavy atom. The van der Waals surface area contributed by atoms with Crippen LogP contribution < -0.4 is 20.1 Å². The number of nitrogens with one attached hydrogen (secondary N) is 2. The maximum absolute atomic E-state index is 13.9. The summed E-state index contributed by atoms with van der Waals surface area (Å²) in [4.78, 5) is 53.7. The minimum atomic E-state index is -1.44. The highest BCUT2D eigenvalue weighted by Crippen LogP contribution is 2.54. The SMILES string of the molecule is CCc1ccc2c(c1)[C@@]1(N[C@H](CCC(=O)O)[C@H]3C(=O)N(Cc4ccc5c(c4)OCO5)C(=O)[C@@H]31)C(=O)N2. The molecule has 1 spiro atoms. The van der Waals surface area contributed by atoms with Gasteiger partial charge in [-0.2, -0.15) is 0 Å². The standard InChI is InChI=1S/C26H25N3O7/c1-2-13-3-5-16-15(9-13)26(25(34)27-16)22-21(17(28-26)6-8-20(30)31)23(32)29(24(22)33)11-14-4-7-18-19(10-14)36-12-35-18/h3-5,7,9-10,17,21-22,28H,2,6,8,11-12H2,1H3,(H,27,34)(H,30,31)/t17-,21-,22-,26+/m1/s1. The normalized spacial score (nSPS) is 27.5. The fourth-order valence-electron chi connectivity index (χ4n) is 6.03. The van der Waals surface area contributed by atoms with Crippen LogP contribution in [-0.2, 0) is 37.7 Å². The van der Waals surface area contributed by atoms with Crippen molar-refractivity contribution >= 4 is 29.4 Å². The van der Waals surface area contributed by atoms with E-state index in [-0.39, 0.29) is 26.2 Å². The van der Waals surface area contributed by atoms with E-state index >= 15 is 0 Å². The van der Waals surface area contributed by atoms with Crippen molar-refractivity contribution in [3.63, 3.8) is 0 Å². The number of fused-ring (bicyclic) bond motifs is 5. The molecule has 2 fully saturated rings. The van der Waals surface area contributed by atoms with E-state index < -0.39 is 47.1 Å². The van der Waals surface area contributed by atoms with Gasteiger partial charge < -0.3 is 19.9 Å². The van der Waals surface area contributed by atoms with Gasteiger partial charge in [0.25, 0.3) is 0 Å². The minimum absolute atomic E-state index is 0.0204. The summed E-state index contributed by atoms with van der Waals surface area (Å²) in [6.07, 6.45) is 0.659. The number of amides is 3. The second-order valence-corrected chi connectivity index (χ2v) is 9.63. The molecule has 3 N–H and O–H groups in total. The molecule has 4 aliphatic heterocycles. The second-order valence-electron chi connectivity index (χ2n) is 9.63. The molecule has 186 valence electrons. The van der Waals surface area contributed by atoms with Crippen LogP contribution in [0.15, 0.2) is 36.4 Å². The summed E-state index contributed by atoms with van der Waals surface area (Å²) < 4.78 is 10.8. The van der Waals surface area contributed by atoms with Crippen molar-refractivity contribution in [3.05, 3.63) is 53.1 Å². The van der Waals surface area contributed by atoms with Crippen molar-refractivity contribution in [2.24, 2.45) is 11.8 Å². The van der Waals surface area contributed by atoms with Gasteiger partial charge in [-0.15, -0.1) is 0 Å². The second kappa shape index (κ2) is 8.06. The molecule has 2 aromatic rings. The number of carbonyl (C=O) groups excluding carboxylic acids is 3. The number of hydrogen-bond acceptors (Lipinski definition) is 7. The number of benzene rings is 2. The number of likely N-dealkylation sites (tertiary alicyclic amines) is 1. The largest absolute Gasteiger partial charge is 0.481 e. The summed E-state index contributed by atoms with van der Waals surface area (Å²) in [6.45, 7) is 2.13. The average Bonchev–Trinajstić information content (AvgIpc) is 3.59. The summed E-state index contributed by atoms with van der Waals surface area (Å²) in [5.41, 5.74) is 1.47. The van der Waals surface area contributed by atoms with E-state index in [0.29, 0.717) is 28.3 Å². The number of anilines is 1. The highest BCUT2D eigenvalue weighted by Gasteiger charge is 2.70. The molecular weight excluding hydrogens is 466 g/mol. The lowest BCUT2D eigenvalue weighted by molar-refractivity contribution is -0.144. The number of carbonyl (C=O) groups is 4. The van der Waals surface area contributed by atoms with Gasteiger partial charge in [-0.3, -0.25) is 29.4 Å². The molecule has 0 saturated carbocycles. The van der Waals surface area contributed by atoms with Crippen LogP contribution in [0.5, 0.6) is 11.5 Å². The molecule has 4 atom stereocenters. The molecule has 3 amide bonds. The topological polar surface area (TPSA) is 134 Å². The molecule has 10 heteroatoms. The summed E-state index contributed by atoms with van der Waals surface area (Å²) in [7, 11) is 0. The summed E-state index contributed by atoms with van der Waals surface area (Å²) >= 11 is 0.